The molecule has 14 heteroatoms. The molecular formula is C23H21F3N2O8S. The highest BCUT2D eigenvalue weighted by atomic mass is 32.2. The lowest BCUT2D eigenvalue weighted by molar-refractivity contribution is -0.192. The normalized spacial score (nSPS) is 12.2. The standard InChI is InChI=1S/C21H20N2O6S.C2HF3O2/c24-14-17(11-21(25)26)23-30(27,28)20-8-4-3-7-19(20)29-10-9-16-13-22-12-15-5-1-2-6-18(15)16;3-2(4,5)1(6)7/h1-8,12-14,17,23H,9-11H2,(H,25,26);(H,6,7). The molecule has 1 aromatic heterocycles. The summed E-state index contributed by atoms with van der Waals surface area (Å²) in [6, 6.07) is 12.4. The lowest BCUT2D eigenvalue weighted by Gasteiger charge is -2.15. The Morgan fingerprint density at radius 3 is 2.30 bits per heavy atom. The Balaban J connectivity index is 0.000000604. The lowest BCUT2D eigenvalue weighted by atomic mass is 10.1. The third kappa shape index (κ3) is 8.84. The van der Waals surface area contributed by atoms with E-state index in [1.54, 1.807) is 18.5 Å². The maximum Gasteiger partial charge on any atom is 0.490 e. The molecule has 0 aliphatic carbocycles. The zero-order valence-electron chi connectivity index (χ0n) is 18.9. The molecule has 198 valence electrons. The maximum absolute atomic E-state index is 12.7. The molecule has 0 fully saturated rings. The van der Waals surface area contributed by atoms with Crippen molar-refractivity contribution in [3.63, 3.8) is 0 Å². The Morgan fingerprint density at radius 2 is 1.68 bits per heavy atom. The molecule has 0 aliphatic heterocycles. The highest BCUT2D eigenvalue weighted by Crippen LogP contribution is 2.24. The first-order valence-electron chi connectivity index (χ1n) is 10.4. The summed E-state index contributed by atoms with van der Waals surface area (Å²) in [5.74, 6) is -3.94. The van der Waals surface area contributed by atoms with Crippen molar-refractivity contribution in [1.29, 1.82) is 0 Å². The van der Waals surface area contributed by atoms with E-state index in [1.807, 2.05) is 24.3 Å². The summed E-state index contributed by atoms with van der Waals surface area (Å²) in [4.78, 5) is 34.8. The van der Waals surface area contributed by atoms with Crippen LogP contribution in [0, 0.1) is 0 Å². The molecular weight excluding hydrogens is 521 g/mol. The number of aromatic nitrogens is 1. The summed E-state index contributed by atoms with van der Waals surface area (Å²) in [5, 5.41) is 18.0. The van der Waals surface area contributed by atoms with Gasteiger partial charge in [-0.15, -0.1) is 0 Å². The molecule has 0 spiro atoms. The second-order valence-electron chi connectivity index (χ2n) is 7.33. The minimum atomic E-state index is -5.08. The predicted octanol–water partition coefficient (Wildman–Crippen LogP) is 2.81. The number of carboxylic acid groups (broad SMARTS) is 2. The Morgan fingerprint density at radius 1 is 1.05 bits per heavy atom. The van der Waals surface area contributed by atoms with Gasteiger partial charge in [-0.2, -0.15) is 13.2 Å². The zero-order chi connectivity index (χ0) is 27.6. The summed E-state index contributed by atoms with van der Waals surface area (Å²) in [7, 11) is -4.16. The van der Waals surface area contributed by atoms with Gasteiger partial charge in [0.05, 0.1) is 19.1 Å². The summed E-state index contributed by atoms with van der Waals surface area (Å²) >= 11 is 0. The molecule has 0 radical (unpaired) electrons. The van der Waals surface area contributed by atoms with Gasteiger partial charge >= 0.3 is 18.1 Å². The minimum absolute atomic E-state index is 0.109. The van der Waals surface area contributed by atoms with Gasteiger partial charge in [0.1, 0.15) is 16.9 Å². The van der Waals surface area contributed by atoms with Gasteiger partial charge in [-0.1, -0.05) is 36.4 Å². The second kappa shape index (κ2) is 12.8. The number of aldehydes is 1. The number of fused-ring (bicyclic) bond motifs is 1. The molecule has 3 N–H and O–H groups in total. The minimum Gasteiger partial charge on any atom is -0.492 e. The number of carbonyl (C=O) groups excluding carboxylic acids is 1. The first-order valence-corrected chi connectivity index (χ1v) is 11.9. The van der Waals surface area contributed by atoms with Crippen LogP contribution >= 0.6 is 0 Å². The number of carbonyl (C=O) groups is 3. The molecule has 0 bridgehead atoms. The second-order valence-corrected chi connectivity index (χ2v) is 9.01. The molecule has 2 aromatic carbocycles. The molecule has 0 saturated carbocycles. The van der Waals surface area contributed by atoms with Gasteiger partial charge in [0.25, 0.3) is 0 Å². The fourth-order valence-electron chi connectivity index (χ4n) is 3.01. The van der Waals surface area contributed by atoms with E-state index >= 15 is 0 Å². The number of carboxylic acids is 2. The third-order valence-corrected chi connectivity index (χ3v) is 6.16. The van der Waals surface area contributed by atoms with Gasteiger partial charge in [0.2, 0.25) is 10.0 Å². The number of benzene rings is 2. The number of aliphatic carboxylic acids is 2. The van der Waals surface area contributed by atoms with Crippen molar-refractivity contribution >= 4 is 39.0 Å². The molecule has 0 amide bonds. The molecule has 1 unspecified atom stereocenters. The van der Waals surface area contributed by atoms with Crippen molar-refractivity contribution in [2.45, 2.75) is 30.0 Å². The lowest BCUT2D eigenvalue weighted by Crippen LogP contribution is -2.37. The number of halogens is 3. The van der Waals surface area contributed by atoms with Crippen LogP contribution in [0.15, 0.2) is 65.8 Å². The molecule has 10 nitrogen and oxygen atoms in total. The van der Waals surface area contributed by atoms with Crippen LogP contribution in [-0.4, -0.2) is 60.7 Å². The van der Waals surface area contributed by atoms with E-state index in [-0.39, 0.29) is 23.5 Å². The summed E-state index contributed by atoms with van der Waals surface area (Å²) in [5.41, 5.74) is 0.967. The van der Waals surface area contributed by atoms with E-state index in [9.17, 15) is 31.2 Å². The van der Waals surface area contributed by atoms with Gasteiger partial charge in [0, 0.05) is 24.2 Å². The molecule has 3 rings (SSSR count). The fourth-order valence-corrected chi connectivity index (χ4v) is 4.32. The molecule has 0 saturated heterocycles. The summed E-state index contributed by atoms with van der Waals surface area (Å²) < 4.78 is 64.9. The van der Waals surface area contributed by atoms with E-state index in [0.29, 0.717) is 6.42 Å². The van der Waals surface area contributed by atoms with Gasteiger partial charge in [-0.3, -0.25) is 9.78 Å². The number of para-hydroxylation sites is 1. The molecule has 3 aromatic rings. The zero-order valence-corrected chi connectivity index (χ0v) is 19.7. The van der Waals surface area contributed by atoms with Crippen molar-refractivity contribution in [3.8, 4) is 5.75 Å². The average Bonchev–Trinajstić information content (AvgIpc) is 2.83. The Hall–Kier alpha value is -4.04. The number of sulfonamides is 1. The van der Waals surface area contributed by atoms with Gasteiger partial charge in [-0.05, 0) is 23.1 Å². The first kappa shape index (κ1) is 29.2. The van der Waals surface area contributed by atoms with E-state index < -0.39 is 40.6 Å². The SMILES string of the molecule is O=C(O)C(F)(F)F.O=CC(CC(=O)O)NS(=O)(=O)c1ccccc1OCCc1cncc2ccccc12. The van der Waals surface area contributed by atoms with E-state index in [1.165, 1.54) is 18.2 Å². The number of ether oxygens (including phenoxy) is 1. The highest BCUT2D eigenvalue weighted by Gasteiger charge is 2.38. The van der Waals surface area contributed by atoms with Crippen LogP contribution in [0.1, 0.15) is 12.0 Å². The molecule has 0 aliphatic rings. The Labute approximate surface area is 208 Å². The summed E-state index contributed by atoms with van der Waals surface area (Å²) in [6.07, 6.45) is -1.46. The Bertz CT molecular complexity index is 1360. The average molecular weight is 542 g/mol. The highest BCUT2D eigenvalue weighted by molar-refractivity contribution is 7.89. The van der Waals surface area contributed by atoms with Gasteiger partial charge in [0.15, 0.2) is 0 Å². The van der Waals surface area contributed by atoms with Crippen molar-refractivity contribution in [2.24, 2.45) is 0 Å². The smallest absolute Gasteiger partial charge is 0.490 e. The molecule has 1 heterocycles. The number of hydrogen-bond acceptors (Lipinski definition) is 7. The number of pyridine rings is 1. The fraction of sp³-hybridized carbons (Fsp3) is 0.217. The summed E-state index contributed by atoms with van der Waals surface area (Å²) in [6.45, 7) is 0.203. The van der Waals surface area contributed by atoms with Crippen LogP contribution in [0.4, 0.5) is 13.2 Å². The number of hydrogen-bond donors (Lipinski definition) is 3. The predicted molar refractivity (Wildman–Crippen MR) is 124 cm³/mol. The monoisotopic (exact) mass is 542 g/mol. The van der Waals surface area contributed by atoms with Crippen LogP contribution < -0.4 is 9.46 Å². The van der Waals surface area contributed by atoms with Crippen molar-refractivity contribution in [2.75, 3.05) is 6.61 Å². The molecule has 1 atom stereocenters. The quantitative estimate of drug-likeness (QED) is 0.327. The van der Waals surface area contributed by atoms with Gasteiger partial charge in [-0.25, -0.2) is 17.9 Å². The first-order chi connectivity index (χ1) is 17.3. The van der Waals surface area contributed by atoms with Crippen molar-refractivity contribution < 1.29 is 50.9 Å². The maximum atomic E-state index is 12.7. The number of alkyl halides is 3. The van der Waals surface area contributed by atoms with Crippen molar-refractivity contribution in [1.82, 2.24) is 9.71 Å². The van der Waals surface area contributed by atoms with Crippen LogP contribution in [0.2, 0.25) is 0 Å². The van der Waals surface area contributed by atoms with E-state index in [2.05, 4.69) is 9.71 Å². The Kier molecular flexibility index (Phi) is 10.1. The topological polar surface area (TPSA) is 160 Å². The van der Waals surface area contributed by atoms with Crippen LogP contribution in [0.3, 0.4) is 0 Å². The molecule has 37 heavy (non-hydrogen) atoms. The van der Waals surface area contributed by atoms with Gasteiger partial charge < -0.3 is 19.7 Å². The van der Waals surface area contributed by atoms with E-state index in [0.717, 1.165) is 16.3 Å². The van der Waals surface area contributed by atoms with E-state index in [4.69, 9.17) is 19.7 Å². The number of rotatable bonds is 10. The van der Waals surface area contributed by atoms with Crippen molar-refractivity contribution in [3.05, 3.63) is 66.5 Å². The van der Waals surface area contributed by atoms with Crippen LogP contribution in [-0.2, 0) is 30.8 Å². The largest absolute Gasteiger partial charge is 0.492 e. The third-order valence-electron chi connectivity index (χ3n) is 4.63. The van der Waals surface area contributed by atoms with Crippen LogP contribution in [0.5, 0.6) is 5.75 Å². The van der Waals surface area contributed by atoms with Crippen LogP contribution in [0.25, 0.3) is 10.8 Å². The number of nitrogens with zero attached hydrogens (tertiary/aromatic N) is 1. The number of nitrogens with one attached hydrogen (secondary N) is 1.